The molecule has 6 heavy (non-hydrogen) atoms. The minimum Gasteiger partial charge on any atom is -0.103 e. The van der Waals surface area contributed by atoms with Gasteiger partial charge in [-0.25, -0.2) is 0 Å². The zero-order valence-corrected chi connectivity index (χ0v) is 5.36. The van der Waals surface area contributed by atoms with E-state index >= 15 is 0 Å². The van der Waals surface area contributed by atoms with E-state index in [1.54, 1.807) is 0 Å². The second-order valence-corrected chi connectivity index (χ2v) is 2.51. The standard InChI is InChI=1S/C5H10Si/c1-3-5-6-4-2/h3,5H,4H2,1-2H3. The summed E-state index contributed by atoms with van der Waals surface area (Å²) in [6, 6.07) is 1.30. The normalized spacial score (nSPS) is 10.3. The average Bonchev–Trinajstić information content (AvgIpc) is 1.61. The lowest BCUT2D eigenvalue weighted by molar-refractivity contribution is 1.46. The highest BCUT2D eigenvalue weighted by molar-refractivity contribution is 6.41. The Labute approximate surface area is 42.1 Å². The van der Waals surface area contributed by atoms with E-state index < -0.39 is 0 Å². The molecule has 0 heterocycles. The highest BCUT2D eigenvalue weighted by Crippen LogP contribution is 1.73. The van der Waals surface area contributed by atoms with Crippen LogP contribution in [0.25, 0.3) is 0 Å². The van der Waals surface area contributed by atoms with E-state index in [4.69, 9.17) is 0 Å². The number of allylic oxidation sites excluding steroid dienone is 1. The lowest BCUT2D eigenvalue weighted by atomic mass is 10.8. The fourth-order valence-corrected chi connectivity index (χ4v) is 0.707. The third-order valence-corrected chi connectivity index (χ3v) is 1.47. The van der Waals surface area contributed by atoms with Crippen molar-refractivity contribution in [3.05, 3.63) is 11.8 Å². The zero-order valence-electron chi connectivity index (χ0n) is 4.36. The summed E-state index contributed by atoms with van der Waals surface area (Å²) in [6.07, 6.45) is 2.10. The molecule has 0 fully saturated rings. The van der Waals surface area contributed by atoms with Gasteiger partial charge in [0.1, 0.15) is 0 Å². The van der Waals surface area contributed by atoms with Crippen molar-refractivity contribution in [2.45, 2.75) is 19.9 Å². The monoisotopic (exact) mass is 98.1 g/mol. The van der Waals surface area contributed by atoms with Crippen LogP contribution in [0.5, 0.6) is 0 Å². The fraction of sp³-hybridized carbons (Fsp3) is 0.600. The van der Waals surface area contributed by atoms with Crippen LogP contribution < -0.4 is 0 Å². The van der Waals surface area contributed by atoms with E-state index in [1.165, 1.54) is 6.04 Å². The van der Waals surface area contributed by atoms with Crippen LogP contribution in [0.4, 0.5) is 0 Å². The first-order chi connectivity index (χ1) is 2.91. The largest absolute Gasteiger partial charge is 0.103 e. The summed E-state index contributed by atoms with van der Waals surface area (Å²) in [4.78, 5) is 0. The number of hydrogen-bond acceptors (Lipinski definition) is 0. The number of hydrogen-bond donors (Lipinski definition) is 0. The summed E-state index contributed by atoms with van der Waals surface area (Å²) in [5.41, 5.74) is 2.21. The summed E-state index contributed by atoms with van der Waals surface area (Å²) in [5, 5.41) is 0. The van der Waals surface area contributed by atoms with Gasteiger partial charge in [0.15, 0.2) is 0 Å². The van der Waals surface area contributed by atoms with Crippen LogP contribution in [0.3, 0.4) is 0 Å². The summed E-state index contributed by atoms with van der Waals surface area (Å²) < 4.78 is 0. The van der Waals surface area contributed by atoms with Crippen molar-refractivity contribution in [1.29, 1.82) is 0 Å². The molecule has 34 valence electrons. The molecule has 0 aliphatic rings. The second-order valence-electron chi connectivity index (χ2n) is 1.06. The van der Waals surface area contributed by atoms with E-state index in [-0.39, 0.29) is 0 Å². The molecule has 0 N–H and O–H groups in total. The predicted molar refractivity (Wildman–Crippen MR) is 31.0 cm³/mol. The molecule has 0 spiro atoms. The van der Waals surface area contributed by atoms with Gasteiger partial charge in [0, 0.05) is 0 Å². The first-order valence-corrected chi connectivity index (χ1v) is 3.54. The maximum absolute atomic E-state index is 2.21. The molecule has 0 saturated heterocycles. The SMILES string of the molecule is CC=C[Si]CC. The summed E-state index contributed by atoms with van der Waals surface area (Å²) in [6.45, 7) is 4.25. The van der Waals surface area contributed by atoms with Gasteiger partial charge in [-0.1, -0.05) is 19.0 Å². The van der Waals surface area contributed by atoms with Crippen molar-refractivity contribution in [2.24, 2.45) is 0 Å². The first-order valence-electron chi connectivity index (χ1n) is 2.26. The molecule has 0 nitrogen and oxygen atoms in total. The van der Waals surface area contributed by atoms with Crippen LogP contribution in [-0.4, -0.2) is 9.52 Å². The molecule has 0 aromatic heterocycles. The quantitative estimate of drug-likeness (QED) is 0.461. The summed E-state index contributed by atoms with van der Waals surface area (Å²) in [7, 11) is 1.03. The maximum Gasteiger partial charge on any atom is 0.0695 e. The van der Waals surface area contributed by atoms with E-state index in [0.717, 1.165) is 9.52 Å². The van der Waals surface area contributed by atoms with Crippen LogP contribution in [0.1, 0.15) is 13.8 Å². The van der Waals surface area contributed by atoms with Gasteiger partial charge in [-0.3, -0.25) is 0 Å². The molecule has 0 aromatic carbocycles. The van der Waals surface area contributed by atoms with Gasteiger partial charge < -0.3 is 0 Å². The minimum atomic E-state index is 1.03. The smallest absolute Gasteiger partial charge is 0.0695 e. The lowest BCUT2D eigenvalue weighted by Gasteiger charge is -1.73. The van der Waals surface area contributed by atoms with Gasteiger partial charge in [-0.05, 0) is 6.92 Å². The van der Waals surface area contributed by atoms with Gasteiger partial charge in [0.25, 0.3) is 0 Å². The number of rotatable bonds is 2. The van der Waals surface area contributed by atoms with Crippen LogP contribution in [0.2, 0.25) is 6.04 Å². The van der Waals surface area contributed by atoms with Crippen LogP contribution in [-0.2, 0) is 0 Å². The van der Waals surface area contributed by atoms with Crippen molar-refractivity contribution >= 4 is 9.52 Å². The Morgan fingerprint density at radius 2 is 2.33 bits per heavy atom. The molecule has 0 aliphatic heterocycles. The molecule has 0 aliphatic carbocycles. The van der Waals surface area contributed by atoms with Crippen LogP contribution >= 0.6 is 0 Å². The Hall–Kier alpha value is -0.0431. The van der Waals surface area contributed by atoms with Gasteiger partial charge in [-0.15, -0.1) is 5.70 Å². The molecule has 2 radical (unpaired) electrons. The van der Waals surface area contributed by atoms with Crippen molar-refractivity contribution < 1.29 is 0 Å². The Bertz CT molecular complexity index is 39.2. The Morgan fingerprint density at radius 3 is 2.50 bits per heavy atom. The molecule has 1 heteroatoms. The summed E-state index contributed by atoms with van der Waals surface area (Å²) in [5.74, 6) is 0. The van der Waals surface area contributed by atoms with Gasteiger partial charge in [0.05, 0.1) is 9.52 Å². The Balaban J connectivity index is 2.66. The minimum absolute atomic E-state index is 1.03. The van der Waals surface area contributed by atoms with Crippen LogP contribution in [0.15, 0.2) is 11.8 Å². The zero-order chi connectivity index (χ0) is 4.83. The highest BCUT2D eigenvalue weighted by atomic mass is 28.2. The van der Waals surface area contributed by atoms with E-state index in [0.29, 0.717) is 0 Å². The predicted octanol–water partition coefficient (Wildman–Crippen LogP) is 1.66. The molecule has 0 bridgehead atoms. The van der Waals surface area contributed by atoms with E-state index in [1.807, 2.05) is 0 Å². The molecule has 0 saturated carbocycles. The molecular formula is C5H10Si. The fourth-order valence-electron chi connectivity index (χ4n) is 0.236. The average molecular weight is 98.2 g/mol. The lowest BCUT2D eigenvalue weighted by Crippen LogP contribution is -1.74. The third kappa shape index (κ3) is 3.96. The molecule has 0 aromatic rings. The van der Waals surface area contributed by atoms with Gasteiger partial charge in [0.2, 0.25) is 0 Å². The van der Waals surface area contributed by atoms with Crippen molar-refractivity contribution in [1.82, 2.24) is 0 Å². The van der Waals surface area contributed by atoms with E-state index in [2.05, 4.69) is 25.6 Å². The van der Waals surface area contributed by atoms with Crippen molar-refractivity contribution in [3.8, 4) is 0 Å². The first kappa shape index (κ1) is 5.96. The Morgan fingerprint density at radius 1 is 1.67 bits per heavy atom. The second kappa shape index (κ2) is 4.96. The molecular weight excluding hydrogens is 88.1 g/mol. The molecule has 0 atom stereocenters. The topological polar surface area (TPSA) is 0 Å². The third-order valence-electron chi connectivity index (χ3n) is 0.489. The van der Waals surface area contributed by atoms with E-state index in [9.17, 15) is 0 Å². The molecule has 0 amide bonds. The van der Waals surface area contributed by atoms with Gasteiger partial charge >= 0.3 is 0 Å². The van der Waals surface area contributed by atoms with Gasteiger partial charge in [-0.2, -0.15) is 0 Å². The van der Waals surface area contributed by atoms with Crippen molar-refractivity contribution in [2.75, 3.05) is 0 Å². The van der Waals surface area contributed by atoms with Crippen LogP contribution in [0, 0.1) is 0 Å². The summed E-state index contributed by atoms with van der Waals surface area (Å²) >= 11 is 0. The Kier molecular flexibility index (Phi) is 4.92. The molecule has 0 rings (SSSR count). The van der Waals surface area contributed by atoms with Crippen molar-refractivity contribution in [3.63, 3.8) is 0 Å². The highest BCUT2D eigenvalue weighted by Gasteiger charge is 1.67. The maximum atomic E-state index is 2.21. The molecule has 0 unspecified atom stereocenters.